The van der Waals surface area contributed by atoms with Crippen molar-refractivity contribution in [1.82, 2.24) is 0 Å². The number of rotatable bonds is 6. The van der Waals surface area contributed by atoms with Crippen molar-refractivity contribution in [2.75, 3.05) is 20.3 Å². The van der Waals surface area contributed by atoms with E-state index in [0.717, 1.165) is 5.56 Å². The zero-order valence-corrected chi connectivity index (χ0v) is 9.27. The summed E-state index contributed by atoms with van der Waals surface area (Å²) in [6.45, 7) is 2.70. The molecule has 1 rings (SSSR count). The Kier molecular flexibility index (Phi) is 4.75. The van der Waals surface area contributed by atoms with Gasteiger partial charge in [0.05, 0.1) is 19.8 Å². The van der Waals surface area contributed by atoms with Crippen molar-refractivity contribution in [3.8, 4) is 0 Å². The van der Waals surface area contributed by atoms with Gasteiger partial charge in [0.15, 0.2) is 0 Å². The van der Waals surface area contributed by atoms with Crippen LogP contribution in [0.25, 0.3) is 0 Å². The second-order valence-corrected chi connectivity index (χ2v) is 3.79. The summed E-state index contributed by atoms with van der Waals surface area (Å²) in [6, 6.07) is 9.92. The smallest absolute Gasteiger partial charge is 0.111 e. The van der Waals surface area contributed by atoms with Gasteiger partial charge in [-0.1, -0.05) is 30.3 Å². The van der Waals surface area contributed by atoms with Crippen molar-refractivity contribution in [3.63, 3.8) is 0 Å². The van der Waals surface area contributed by atoms with Crippen LogP contribution in [0.1, 0.15) is 12.5 Å². The number of aliphatic hydroxyl groups is 1. The van der Waals surface area contributed by atoms with Gasteiger partial charge in [0.1, 0.15) is 5.60 Å². The Morgan fingerprint density at radius 1 is 1.27 bits per heavy atom. The maximum Gasteiger partial charge on any atom is 0.111 e. The summed E-state index contributed by atoms with van der Waals surface area (Å²) >= 11 is 0. The molecule has 1 unspecified atom stereocenters. The van der Waals surface area contributed by atoms with E-state index < -0.39 is 5.60 Å². The lowest BCUT2D eigenvalue weighted by Crippen LogP contribution is -2.37. The summed E-state index contributed by atoms with van der Waals surface area (Å²) in [5.74, 6) is 0. The van der Waals surface area contributed by atoms with Crippen molar-refractivity contribution >= 4 is 0 Å². The molecule has 0 spiro atoms. The summed E-state index contributed by atoms with van der Waals surface area (Å²) in [6.07, 6.45) is 0. The van der Waals surface area contributed by atoms with Crippen LogP contribution in [-0.2, 0) is 16.1 Å². The average molecular weight is 210 g/mol. The van der Waals surface area contributed by atoms with Crippen LogP contribution in [0.15, 0.2) is 30.3 Å². The van der Waals surface area contributed by atoms with Gasteiger partial charge >= 0.3 is 0 Å². The molecule has 3 nitrogen and oxygen atoms in total. The fraction of sp³-hybridized carbons (Fsp3) is 0.500. The third-order valence-corrected chi connectivity index (χ3v) is 2.35. The summed E-state index contributed by atoms with van der Waals surface area (Å²) in [5.41, 5.74) is 0.517. The van der Waals surface area contributed by atoms with Gasteiger partial charge in [-0.05, 0) is 12.5 Å². The van der Waals surface area contributed by atoms with E-state index in [-0.39, 0.29) is 6.61 Å². The molecule has 0 aromatic heterocycles. The zero-order chi connectivity index (χ0) is 11.1. The molecule has 1 aromatic carbocycles. The molecule has 0 fully saturated rings. The molecule has 84 valence electrons. The minimum Gasteiger partial charge on any atom is -0.393 e. The van der Waals surface area contributed by atoms with Gasteiger partial charge in [0.25, 0.3) is 0 Å². The van der Waals surface area contributed by atoms with Gasteiger partial charge in [0.2, 0.25) is 0 Å². The van der Waals surface area contributed by atoms with Gasteiger partial charge in [0, 0.05) is 7.11 Å². The summed E-state index contributed by atoms with van der Waals surface area (Å²) in [4.78, 5) is 0. The highest BCUT2D eigenvalue weighted by Crippen LogP contribution is 2.10. The summed E-state index contributed by atoms with van der Waals surface area (Å²) < 4.78 is 10.6. The molecular formula is C12H18O3. The average Bonchev–Trinajstić information content (AvgIpc) is 2.30. The second kappa shape index (κ2) is 5.85. The van der Waals surface area contributed by atoms with E-state index in [0.29, 0.717) is 13.2 Å². The number of hydrogen-bond donors (Lipinski definition) is 1. The molecule has 1 aromatic rings. The summed E-state index contributed by atoms with van der Waals surface area (Å²) in [5, 5.41) is 9.08. The van der Waals surface area contributed by atoms with Gasteiger partial charge in [-0.2, -0.15) is 0 Å². The number of hydrogen-bond acceptors (Lipinski definition) is 3. The molecule has 3 heteroatoms. The van der Waals surface area contributed by atoms with Gasteiger partial charge in [-0.15, -0.1) is 0 Å². The van der Waals surface area contributed by atoms with E-state index >= 15 is 0 Å². The first-order valence-electron chi connectivity index (χ1n) is 4.98. The molecule has 1 atom stereocenters. The fourth-order valence-electron chi connectivity index (χ4n) is 1.13. The second-order valence-electron chi connectivity index (χ2n) is 3.79. The first-order chi connectivity index (χ1) is 7.20. The van der Waals surface area contributed by atoms with Crippen molar-refractivity contribution < 1.29 is 14.6 Å². The predicted molar refractivity (Wildman–Crippen MR) is 58.6 cm³/mol. The van der Waals surface area contributed by atoms with Crippen molar-refractivity contribution in [2.24, 2.45) is 0 Å². The molecule has 0 radical (unpaired) electrons. The Balaban J connectivity index is 2.33. The largest absolute Gasteiger partial charge is 0.393 e. The Morgan fingerprint density at radius 3 is 2.47 bits per heavy atom. The maximum atomic E-state index is 9.08. The van der Waals surface area contributed by atoms with Crippen LogP contribution in [-0.4, -0.2) is 31.0 Å². The minimum atomic E-state index is -0.602. The topological polar surface area (TPSA) is 38.7 Å². The number of aliphatic hydroxyl groups excluding tert-OH is 1. The lowest BCUT2D eigenvalue weighted by molar-refractivity contribution is -0.0946. The van der Waals surface area contributed by atoms with Crippen LogP contribution in [0.5, 0.6) is 0 Å². The molecule has 0 bridgehead atoms. The minimum absolute atomic E-state index is 0.0434. The van der Waals surface area contributed by atoms with E-state index in [4.69, 9.17) is 14.6 Å². The Labute approximate surface area is 90.6 Å². The number of ether oxygens (including phenoxy) is 2. The molecule has 0 aliphatic heterocycles. The molecule has 0 saturated heterocycles. The van der Waals surface area contributed by atoms with Crippen molar-refractivity contribution in [1.29, 1.82) is 0 Å². The molecule has 0 saturated carbocycles. The van der Waals surface area contributed by atoms with Crippen LogP contribution in [0.2, 0.25) is 0 Å². The molecule has 1 N–H and O–H groups in total. The third kappa shape index (κ3) is 4.00. The monoisotopic (exact) mass is 210 g/mol. The SMILES string of the molecule is COC(C)(CO)COCc1ccccc1. The van der Waals surface area contributed by atoms with Crippen LogP contribution in [0, 0.1) is 0 Å². The highest BCUT2D eigenvalue weighted by atomic mass is 16.5. The first kappa shape index (κ1) is 12.2. The summed E-state index contributed by atoms with van der Waals surface area (Å²) in [7, 11) is 1.57. The zero-order valence-electron chi connectivity index (χ0n) is 9.27. The van der Waals surface area contributed by atoms with Crippen LogP contribution in [0.3, 0.4) is 0 Å². The molecule has 0 aliphatic carbocycles. The number of benzene rings is 1. The maximum absolute atomic E-state index is 9.08. The molecule has 0 amide bonds. The Hall–Kier alpha value is -0.900. The lowest BCUT2D eigenvalue weighted by Gasteiger charge is -2.25. The van der Waals surface area contributed by atoms with Crippen LogP contribution >= 0.6 is 0 Å². The van der Waals surface area contributed by atoms with E-state index in [2.05, 4.69) is 0 Å². The fourth-order valence-corrected chi connectivity index (χ4v) is 1.13. The van der Waals surface area contributed by atoms with Crippen LogP contribution < -0.4 is 0 Å². The van der Waals surface area contributed by atoms with E-state index in [1.54, 1.807) is 7.11 Å². The van der Waals surface area contributed by atoms with Gasteiger partial charge < -0.3 is 14.6 Å². The first-order valence-corrected chi connectivity index (χ1v) is 4.98. The highest BCUT2D eigenvalue weighted by molar-refractivity contribution is 5.13. The third-order valence-electron chi connectivity index (χ3n) is 2.35. The van der Waals surface area contributed by atoms with Gasteiger partial charge in [-0.25, -0.2) is 0 Å². The quantitative estimate of drug-likeness (QED) is 0.775. The lowest BCUT2D eigenvalue weighted by atomic mass is 10.1. The Bertz CT molecular complexity index is 267. The Morgan fingerprint density at radius 2 is 1.93 bits per heavy atom. The molecular weight excluding hydrogens is 192 g/mol. The number of methoxy groups -OCH3 is 1. The molecule has 15 heavy (non-hydrogen) atoms. The predicted octanol–water partition coefficient (Wildman–Crippen LogP) is 1.60. The van der Waals surface area contributed by atoms with Gasteiger partial charge in [-0.3, -0.25) is 0 Å². The normalized spacial score (nSPS) is 14.9. The molecule has 0 aliphatic rings. The standard InChI is InChI=1S/C12H18O3/c1-12(9-13,14-2)10-15-8-11-6-4-3-5-7-11/h3-7,13H,8-10H2,1-2H3. The highest BCUT2D eigenvalue weighted by Gasteiger charge is 2.22. The van der Waals surface area contributed by atoms with Crippen molar-refractivity contribution in [2.45, 2.75) is 19.1 Å². The van der Waals surface area contributed by atoms with E-state index in [1.165, 1.54) is 0 Å². The van der Waals surface area contributed by atoms with E-state index in [9.17, 15) is 0 Å². The molecule has 0 heterocycles. The van der Waals surface area contributed by atoms with E-state index in [1.807, 2.05) is 37.3 Å². The van der Waals surface area contributed by atoms with Crippen molar-refractivity contribution in [3.05, 3.63) is 35.9 Å². The van der Waals surface area contributed by atoms with Crippen LogP contribution in [0.4, 0.5) is 0 Å².